The minimum absolute atomic E-state index is 0.891. The van der Waals surface area contributed by atoms with Crippen LogP contribution in [0.4, 0.5) is 0 Å². The third kappa shape index (κ3) is 3.17. The first-order valence-corrected chi connectivity index (χ1v) is 6.33. The molecule has 2 nitrogen and oxygen atoms in total. The first-order chi connectivity index (χ1) is 8.66. The summed E-state index contributed by atoms with van der Waals surface area (Å²) in [4.78, 5) is 4.11. The SMILES string of the molecule is Cc1ccc(C)c(CNCc2ccncc2C)c1. The number of aromatic nitrogens is 1. The summed E-state index contributed by atoms with van der Waals surface area (Å²) in [6.07, 6.45) is 3.76. The van der Waals surface area contributed by atoms with Crippen LogP contribution in [0.2, 0.25) is 0 Å². The first kappa shape index (κ1) is 12.8. The zero-order valence-electron chi connectivity index (χ0n) is 11.3. The van der Waals surface area contributed by atoms with Crippen LogP contribution in [-0.2, 0) is 13.1 Å². The van der Waals surface area contributed by atoms with Gasteiger partial charge in [-0.1, -0.05) is 23.8 Å². The van der Waals surface area contributed by atoms with Gasteiger partial charge in [-0.3, -0.25) is 4.98 Å². The quantitative estimate of drug-likeness (QED) is 0.887. The molecule has 0 fully saturated rings. The predicted molar refractivity (Wildman–Crippen MR) is 75.4 cm³/mol. The summed E-state index contributed by atoms with van der Waals surface area (Å²) in [6.45, 7) is 8.20. The highest BCUT2D eigenvalue weighted by molar-refractivity contribution is 5.30. The van der Waals surface area contributed by atoms with E-state index in [2.05, 4.69) is 55.3 Å². The molecule has 0 aliphatic carbocycles. The van der Waals surface area contributed by atoms with Gasteiger partial charge in [-0.15, -0.1) is 0 Å². The molecule has 2 heteroatoms. The van der Waals surface area contributed by atoms with Gasteiger partial charge in [-0.25, -0.2) is 0 Å². The molecule has 18 heavy (non-hydrogen) atoms. The van der Waals surface area contributed by atoms with E-state index in [0.29, 0.717) is 0 Å². The lowest BCUT2D eigenvalue weighted by molar-refractivity contribution is 0.686. The lowest BCUT2D eigenvalue weighted by atomic mass is 10.1. The largest absolute Gasteiger partial charge is 0.309 e. The van der Waals surface area contributed by atoms with Crippen LogP contribution in [0.15, 0.2) is 36.7 Å². The molecule has 94 valence electrons. The molecule has 0 aliphatic rings. The van der Waals surface area contributed by atoms with Gasteiger partial charge in [0, 0.05) is 25.5 Å². The number of nitrogens with one attached hydrogen (secondary N) is 1. The van der Waals surface area contributed by atoms with Crippen molar-refractivity contribution in [2.75, 3.05) is 0 Å². The van der Waals surface area contributed by atoms with Crippen LogP contribution >= 0.6 is 0 Å². The van der Waals surface area contributed by atoms with Gasteiger partial charge in [0.15, 0.2) is 0 Å². The van der Waals surface area contributed by atoms with Crippen molar-refractivity contribution in [1.82, 2.24) is 10.3 Å². The fourth-order valence-corrected chi connectivity index (χ4v) is 2.02. The molecule has 2 rings (SSSR count). The van der Waals surface area contributed by atoms with Crippen LogP contribution in [0.1, 0.15) is 27.8 Å². The topological polar surface area (TPSA) is 24.9 Å². The highest BCUT2D eigenvalue weighted by atomic mass is 14.8. The molecule has 0 amide bonds. The average molecular weight is 240 g/mol. The molecule has 1 N–H and O–H groups in total. The van der Waals surface area contributed by atoms with Crippen LogP contribution in [-0.4, -0.2) is 4.98 Å². The molecule has 0 bridgehead atoms. The molecule has 0 atom stereocenters. The van der Waals surface area contributed by atoms with Gasteiger partial charge >= 0.3 is 0 Å². The van der Waals surface area contributed by atoms with Gasteiger partial charge < -0.3 is 5.32 Å². The molecule has 0 aliphatic heterocycles. The van der Waals surface area contributed by atoms with E-state index in [0.717, 1.165) is 13.1 Å². The van der Waals surface area contributed by atoms with Gasteiger partial charge in [0.05, 0.1) is 0 Å². The van der Waals surface area contributed by atoms with Gasteiger partial charge in [0.2, 0.25) is 0 Å². The fourth-order valence-electron chi connectivity index (χ4n) is 2.02. The van der Waals surface area contributed by atoms with Crippen LogP contribution in [0.25, 0.3) is 0 Å². The molecule has 1 aromatic carbocycles. The van der Waals surface area contributed by atoms with Gasteiger partial charge in [0.1, 0.15) is 0 Å². The monoisotopic (exact) mass is 240 g/mol. The Hall–Kier alpha value is -1.67. The van der Waals surface area contributed by atoms with Crippen molar-refractivity contribution in [3.8, 4) is 0 Å². The van der Waals surface area contributed by atoms with Gasteiger partial charge in [-0.2, -0.15) is 0 Å². The van der Waals surface area contributed by atoms with Gasteiger partial charge in [-0.05, 0) is 49.1 Å². The Kier molecular flexibility index (Phi) is 4.11. The maximum atomic E-state index is 4.11. The molecule has 1 aromatic heterocycles. The van der Waals surface area contributed by atoms with E-state index in [1.54, 1.807) is 0 Å². The van der Waals surface area contributed by atoms with Crippen LogP contribution in [0.3, 0.4) is 0 Å². The van der Waals surface area contributed by atoms with E-state index in [1.165, 1.54) is 27.8 Å². The normalized spacial score (nSPS) is 10.6. The minimum Gasteiger partial charge on any atom is -0.309 e. The second-order valence-electron chi connectivity index (χ2n) is 4.84. The van der Waals surface area contributed by atoms with Crippen molar-refractivity contribution in [3.63, 3.8) is 0 Å². The molecular formula is C16H20N2. The fraction of sp³-hybridized carbons (Fsp3) is 0.312. The third-order valence-electron chi connectivity index (χ3n) is 3.27. The van der Waals surface area contributed by atoms with Crippen molar-refractivity contribution in [1.29, 1.82) is 0 Å². The number of rotatable bonds is 4. The van der Waals surface area contributed by atoms with Crippen molar-refractivity contribution in [2.24, 2.45) is 0 Å². The predicted octanol–water partition coefficient (Wildman–Crippen LogP) is 3.30. The van der Waals surface area contributed by atoms with Crippen LogP contribution < -0.4 is 5.32 Å². The Morgan fingerprint density at radius 1 is 0.944 bits per heavy atom. The molecule has 0 radical (unpaired) electrons. The second-order valence-corrected chi connectivity index (χ2v) is 4.84. The number of pyridine rings is 1. The molecular weight excluding hydrogens is 220 g/mol. The van der Waals surface area contributed by atoms with Crippen molar-refractivity contribution in [3.05, 3.63) is 64.5 Å². The Morgan fingerprint density at radius 2 is 1.72 bits per heavy atom. The van der Waals surface area contributed by atoms with E-state index in [4.69, 9.17) is 0 Å². The molecule has 0 saturated carbocycles. The number of hydrogen-bond acceptors (Lipinski definition) is 2. The summed E-state index contributed by atoms with van der Waals surface area (Å²) < 4.78 is 0. The molecule has 0 saturated heterocycles. The second kappa shape index (κ2) is 5.78. The lowest BCUT2D eigenvalue weighted by Crippen LogP contribution is -2.14. The standard InChI is InChI=1S/C16H20N2/c1-12-4-5-13(2)16(8-12)11-18-10-15-6-7-17-9-14(15)3/h4-9,18H,10-11H2,1-3H3. The summed E-state index contributed by atoms with van der Waals surface area (Å²) in [7, 11) is 0. The maximum Gasteiger partial charge on any atom is 0.0300 e. The third-order valence-corrected chi connectivity index (χ3v) is 3.27. The highest BCUT2D eigenvalue weighted by Crippen LogP contribution is 2.11. The summed E-state index contributed by atoms with van der Waals surface area (Å²) in [5.74, 6) is 0. The summed E-state index contributed by atoms with van der Waals surface area (Å²) in [6, 6.07) is 8.67. The van der Waals surface area contributed by atoms with Crippen molar-refractivity contribution >= 4 is 0 Å². The van der Waals surface area contributed by atoms with Crippen molar-refractivity contribution < 1.29 is 0 Å². The van der Waals surface area contributed by atoms with E-state index in [1.807, 2.05) is 12.4 Å². The van der Waals surface area contributed by atoms with Crippen LogP contribution in [0.5, 0.6) is 0 Å². The first-order valence-electron chi connectivity index (χ1n) is 6.33. The Labute approximate surface area is 109 Å². The van der Waals surface area contributed by atoms with E-state index in [-0.39, 0.29) is 0 Å². The summed E-state index contributed by atoms with van der Waals surface area (Å²) in [5, 5.41) is 3.50. The van der Waals surface area contributed by atoms with Gasteiger partial charge in [0.25, 0.3) is 0 Å². The van der Waals surface area contributed by atoms with E-state index >= 15 is 0 Å². The number of hydrogen-bond donors (Lipinski definition) is 1. The number of benzene rings is 1. The highest BCUT2D eigenvalue weighted by Gasteiger charge is 2.00. The number of aryl methyl sites for hydroxylation is 3. The minimum atomic E-state index is 0.891. The molecule has 0 spiro atoms. The smallest absolute Gasteiger partial charge is 0.0300 e. The van der Waals surface area contributed by atoms with E-state index in [9.17, 15) is 0 Å². The molecule has 1 heterocycles. The van der Waals surface area contributed by atoms with Crippen molar-refractivity contribution in [2.45, 2.75) is 33.9 Å². The Balaban J connectivity index is 1.96. The summed E-state index contributed by atoms with van der Waals surface area (Å²) >= 11 is 0. The Bertz CT molecular complexity index is 532. The summed E-state index contributed by atoms with van der Waals surface area (Å²) in [5.41, 5.74) is 6.60. The number of nitrogens with zero attached hydrogens (tertiary/aromatic N) is 1. The maximum absolute atomic E-state index is 4.11. The molecule has 2 aromatic rings. The Morgan fingerprint density at radius 3 is 2.50 bits per heavy atom. The average Bonchev–Trinajstić information content (AvgIpc) is 2.36. The molecule has 0 unspecified atom stereocenters. The zero-order valence-corrected chi connectivity index (χ0v) is 11.3. The van der Waals surface area contributed by atoms with E-state index < -0.39 is 0 Å². The zero-order chi connectivity index (χ0) is 13.0. The van der Waals surface area contributed by atoms with Crippen LogP contribution in [0, 0.1) is 20.8 Å². The lowest BCUT2D eigenvalue weighted by Gasteiger charge is -2.10.